The zero-order valence-electron chi connectivity index (χ0n) is 18.5. The normalized spacial score (nSPS) is 13.8. The standard InChI is InChI=1S/C25H27N5O2/c1-16-10-17(5-7-22(16)25(31)29-19-14-30(3)15-19)24-12-21(8-9-28-24)32-20-6-4-18(13-26)23(11-20)27-2/h4-13,19,26-27H,14-15H2,1-3H3,(H,29,31). The Labute approximate surface area is 187 Å². The minimum Gasteiger partial charge on any atom is -0.457 e. The lowest BCUT2D eigenvalue weighted by atomic mass is 10.0. The predicted octanol–water partition coefficient (Wildman–Crippen LogP) is 3.93. The molecule has 1 fully saturated rings. The minimum atomic E-state index is -0.0362. The van der Waals surface area contributed by atoms with Gasteiger partial charge < -0.3 is 25.7 Å². The SMILES string of the molecule is CNc1cc(Oc2ccnc(-c3ccc(C(=O)NC4CN(C)C4)c(C)c3)c2)ccc1C=N. The van der Waals surface area contributed by atoms with Gasteiger partial charge in [-0.15, -0.1) is 0 Å². The Morgan fingerprint density at radius 2 is 1.94 bits per heavy atom. The molecule has 7 nitrogen and oxygen atoms in total. The van der Waals surface area contributed by atoms with Gasteiger partial charge in [0, 0.05) is 67.1 Å². The van der Waals surface area contributed by atoms with Gasteiger partial charge >= 0.3 is 0 Å². The van der Waals surface area contributed by atoms with E-state index in [9.17, 15) is 4.79 Å². The lowest BCUT2D eigenvalue weighted by molar-refractivity contribution is 0.0857. The van der Waals surface area contributed by atoms with Crippen LogP contribution in [0.2, 0.25) is 0 Å². The summed E-state index contributed by atoms with van der Waals surface area (Å²) in [6.45, 7) is 3.72. The van der Waals surface area contributed by atoms with E-state index < -0.39 is 0 Å². The molecule has 1 aliphatic heterocycles. The second kappa shape index (κ2) is 9.20. The maximum absolute atomic E-state index is 12.6. The molecule has 1 amide bonds. The first-order chi connectivity index (χ1) is 15.5. The Balaban J connectivity index is 1.51. The van der Waals surface area contributed by atoms with Gasteiger partial charge in [0.25, 0.3) is 5.91 Å². The summed E-state index contributed by atoms with van der Waals surface area (Å²) in [6.07, 6.45) is 3.01. The number of benzene rings is 2. The molecule has 0 unspecified atom stereocenters. The Morgan fingerprint density at radius 1 is 1.16 bits per heavy atom. The second-order valence-electron chi connectivity index (χ2n) is 8.04. The number of likely N-dealkylation sites (N-methyl/N-ethyl adjacent to an activating group) is 1. The number of nitrogens with zero attached hydrogens (tertiary/aromatic N) is 2. The van der Waals surface area contributed by atoms with E-state index in [0.29, 0.717) is 17.1 Å². The lowest BCUT2D eigenvalue weighted by Crippen LogP contribution is -2.57. The molecule has 1 saturated heterocycles. The van der Waals surface area contributed by atoms with Crippen LogP contribution in [0.25, 0.3) is 11.3 Å². The maximum Gasteiger partial charge on any atom is 0.251 e. The first-order valence-corrected chi connectivity index (χ1v) is 10.5. The molecule has 0 spiro atoms. The third-order valence-electron chi connectivity index (χ3n) is 5.58. The molecular weight excluding hydrogens is 402 g/mol. The maximum atomic E-state index is 12.6. The van der Waals surface area contributed by atoms with Crippen molar-refractivity contribution in [3.8, 4) is 22.8 Å². The number of pyridine rings is 1. The van der Waals surface area contributed by atoms with Gasteiger partial charge in [0.05, 0.1) is 11.7 Å². The number of nitrogens with one attached hydrogen (secondary N) is 3. The average Bonchev–Trinajstić information content (AvgIpc) is 2.78. The van der Waals surface area contributed by atoms with E-state index in [1.165, 1.54) is 6.21 Å². The Morgan fingerprint density at radius 3 is 2.62 bits per heavy atom. The van der Waals surface area contributed by atoms with Crippen LogP contribution >= 0.6 is 0 Å². The van der Waals surface area contributed by atoms with Gasteiger partial charge in [-0.3, -0.25) is 9.78 Å². The third kappa shape index (κ3) is 4.63. The number of likely N-dealkylation sites (tertiary alicyclic amines) is 1. The first kappa shape index (κ1) is 21.5. The number of carbonyl (C=O) groups excluding carboxylic acids is 1. The van der Waals surface area contributed by atoms with Gasteiger partial charge in [-0.1, -0.05) is 6.07 Å². The number of aromatic nitrogens is 1. The van der Waals surface area contributed by atoms with E-state index in [-0.39, 0.29) is 11.9 Å². The van der Waals surface area contributed by atoms with Crippen LogP contribution in [-0.4, -0.2) is 55.2 Å². The summed E-state index contributed by atoms with van der Waals surface area (Å²) < 4.78 is 6.02. The van der Waals surface area contributed by atoms with Crippen LogP contribution in [0, 0.1) is 12.3 Å². The molecule has 3 N–H and O–H groups in total. The average molecular weight is 430 g/mol. The van der Waals surface area contributed by atoms with E-state index in [1.807, 2.05) is 63.5 Å². The molecule has 2 heterocycles. The number of aryl methyl sites for hydroxylation is 1. The second-order valence-corrected chi connectivity index (χ2v) is 8.04. The van der Waals surface area contributed by atoms with E-state index in [1.54, 1.807) is 12.3 Å². The summed E-state index contributed by atoms with van der Waals surface area (Å²) in [5.41, 5.74) is 4.89. The smallest absolute Gasteiger partial charge is 0.251 e. The number of ether oxygens (including phenoxy) is 1. The molecule has 0 bridgehead atoms. The van der Waals surface area contributed by atoms with Crippen LogP contribution < -0.4 is 15.4 Å². The van der Waals surface area contributed by atoms with E-state index in [0.717, 1.165) is 41.2 Å². The highest BCUT2D eigenvalue weighted by molar-refractivity contribution is 5.96. The molecule has 1 aromatic heterocycles. The highest BCUT2D eigenvalue weighted by Crippen LogP contribution is 2.29. The zero-order chi connectivity index (χ0) is 22.7. The molecule has 3 aromatic rings. The monoisotopic (exact) mass is 429 g/mol. The van der Waals surface area contributed by atoms with Gasteiger partial charge in [0.2, 0.25) is 0 Å². The van der Waals surface area contributed by atoms with Crippen molar-refractivity contribution in [2.24, 2.45) is 0 Å². The number of amides is 1. The molecule has 1 aliphatic rings. The highest BCUT2D eigenvalue weighted by Gasteiger charge is 2.25. The van der Waals surface area contributed by atoms with Crippen molar-refractivity contribution in [3.63, 3.8) is 0 Å². The third-order valence-corrected chi connectivity index (χ3v) is 5.58. The predicted molar refractivity (Wildman–Crippen MR) is 127 cm³/mol. The Bertz CT molecular complexity index is 1150. The molecular formula is C25H27N5O2. The van der Waals surface area contributed by atoms with Crippen LogP contribution in [0.5, 0.6) is 11.5 Å². The minimum absolute atomic E-state index is 0.0362. The van der Waals surface area contributed by atoms with Crippen molar-refractivity contribution in [3.05, 3.63) is 71.4 Å². The van der Waals surface area contributed by atoms with Crippen LogP contribution in [0.1, 0.15) is 21.5 Å². The Kier molecular flexibility index (Phi) is 6.18. The fraction of sp³-hybridized carbons (Fsp3) is 0.240. The van der Waals surface area contributed by atoms with Crippen molar-refractivity contribution < 1.29 is 9.53 Å². The summed E-state index contributed by atoms with van der Waals surface area (Å²) >= 11 is 0. The van der Waals surface area contributed by atoms with Crippen LogP contribution in [0.3, 0.4) is 0 Å². The quantitative estimate of drug-likeness (QED) is 0.495. The number of carbonyl (C=O) groups is 1. The summed E-state index contributed by atoms with van der Waals surface area (Å²) in [7, 11) is 3.85. The lowest BCUT2D eigenvalue weighted by Gasteiger charge is -2.36. The number of rotatable bonds is 7. The van der Waals surface area contributed by atoms with Crippen LogP contribution in [-0.2, 0) is 0 Å². The molecule has 0 aliphatic carbocycles. The molecule has 2 aromatic carbocycles. The van der Waals surface area contributed by atoms with Crippen molar-refractivity contribution in [1.29, 1.82) is 5.41 Å². The molecule has 32 heavy (non-hydrogen) atoms. The summed E-state index contributed by atoms with van der Waals surface area (Å²) in [5, 5.41) is 13.6. The van der Waals surface area contributed by atoms with Crippen molar-refractivity contribution in [2.45, 2.75) is 13.0 Å². The topological polar surface area (TPSA) is 90.3 Å². The van der Waals surface area contributed by atoms with Gasteiger partial charge in [-0.05, 0) is 49.9 Å². The summed E-state index contributed by atoms with van der Waals surface area (Å²) in [4.78, 5) is 19.2. The zero-order valence-corrected chi connectivity index (χ0v) is 18.5. The number of anilines is 1. The summed E-state index contributed by atoms with van der Waals surface area (Å²) in [5.74, 6) is 1.29. The fourth-order valence-electron chi connectivity index (χ4n) is 3.84. The Hall–Kier alpha value is -3.71. The van der Waals surface area contributed by atoms with Crippen molar-refractivity contribution >= 4 is 17.8 Å². The van der Waals surface area contributed by atoms with Gasteiger partial charge in [0.1, 0.15) is 11.5 Å². The van der Waals surface area contributed by atoms with Gasteiger partial charge in [-0.2, -0.15) is 0 Å². The van der Waals surface area contributed by atoms with E-state index in [4.69, 9.17) is 10.1 Å². The van der Waals surface area contributed by atoms with E-state index >= 15 is 0 Å². The van der Waals surface area contributed by atoms with Crippen LogP contribution in [0.15, 0.2) is 54.7 Å². The van der Waals surface area contributed by atoms with Crippen molar-refractivity contribution in [2.75, 3.05) is 32.5 Å². The molecule has 0 radical (unpaired) electrons. The van der Waals surface area contributed by atoms with Gasteiger partial charge in [0.15, 0.2) is 0 Å². The largest absolute Gasteiger partial charge is 0.457 e. The molecule has 4 rings (SSSR count). The summed E-state index contributed by atoms with van der Waals surface area (Å²) in [6, 6.07) is 15.2. The molecule has 0 saturated carbocycles. The highest BCUT2D eigenvalue weighted by atomic mass is 16.5. The van der Waals surface area contributed by atoms with Crippen LogP contribution in [0.4, 0.5) is 5.69 Å². The molecule has 7 heteroatoms. The fourth-order valence-corrected chi connectivity index (χ4v) is 3.84. The number of hydrogen-bond donors (Lipinski definition) is 3. The van der Waals surface area contributed by atoms with Crippen molar-refractivity contribution in [1.82, 2.24) is 15.2 Å². The first-order valence-electron chi connectivity index (χ1n) is 10.5. The van der Waals surface area contributed by atoms with Gasteiger partial charge in [-0.25, -0.2) is 0 Å². The molecule has 0 atom stereocenters. The number of hydrogen-bond acceptors (Lipinski definition) is 6. The van der Waals surface area contributed by atoms with E-state index in [2.05, 4.69) is 20.5 Å². The molecule has 164 valence electrons.